The van der Waals surface area contributed by atoms with Crippen LogP contribution in [0.1, 0.15) is 45.0 Å². The van der Waals surface area contributed by atoms with Crippen LogP contribution in [0.25, 0.3) is 0 Å². The molecule has 0 bridgehead atoms. The third kappa shape index (κ3) is 2.75. The lowest BCUT2D eigenvalue weighted by molar-refractivity contribution is 0.823. The maximum absolute atomic E-state index is 6.67. The second-order valence-corrected chi connectivity index (χ2v) is 6.61. The first-order valence-electron chi connectivity index (χ1n) is 7.35. The van der Waals surface area contributed by atoms with Crippen molar-refractivity contribution in [2.75, 3.05) is 6.26 Å². The fourth-order valence-corrected chi connectivity index (χ4v) is 3.72. The molecule has 21 heavy (non-hydrogen) atoms. The molecule has 1 unspecified atom stereocenters. The molecule has 1 atom stereocenters. The van der Waals surface area contributed by atoms with Gasteiger partial charge in [-0.15, -0.1) is 11.8 Å². The van der Waals surface area contributed by atoms with Gasteiger partial charge in [-0.1, -0.05) is 18.2 Å². The van der Waals surface area contributed by atoms with E-state index in [0.717, 1.165) is 0 Å². The van der Waals surface area contributed by atoms with Crippen molar-refractivity contribution >= 4 is 11.8 Å². The quantitative estimate of drug-likeness (QED) is 0.807. The highest BCUT2D eigenvalue weighted by molar-refractivity contribution is 7.98. The van der Waals surface area contributed by atoms with Crippen LogP contribution in [0.2, 0.25) is 0 Å². The van der Waals surface area contributed by atoms with Crippen LogP contribution in [0.4, 0.5) is 0 Å². The second-order valence-electron chi connectivity index (χ2n) is 5.76. The standard InChI is InChI=1S/C19H25NS/c1-11-12(2)14(4)18(15(5)13(11)3)19(20)16-9-7-8-10-17(16)21-6/h7-10,19H,20H2,1-6H3. The number of benzene rings is 2. The van der Waals surface area contributed by atoms with E-state index in [4.69, 9.17) is 5.73 Å². The van der Waals surface area contributed by atoms with Gasteiger partial charge in [0, 0.05) is 4.90 Å². The monoisotopic (exact) mass is 299 g/mol. The van der Waals surface area contributed by atoms with Crippen molar-refractivity contribution in [3.05, 3.63) is 63.2 Å². The summed E-state index contributed by atoms with van der Waals surface area (Å²) < 4.78 is 0. The molecule has 0 saturated carbocycles. The fraction of sp³-hybridized carbons (Fsp3) is 0.368. The molecule has 2 N–H and O–H groups in total. The summed E-state index contributed by atoms with van der Waals surface area (Å²) in [7, 11) is 0. The predicted molar refractivity (Wildman–Crippen MR) is 94.4 cm³/mol. The molecule has 0 aliphatic carbocycles. The Hall–Kier alpha value is -1.25. The van der Waals surface area contributed by atoms with Crippen molar-refractivity contribution in [3.63, 3.8) is 0 Å². The lowest BCUT2D eigenvalue weighted by atomic mass is 9.84. The summed E-state index contributed by atoms with van der Waals surface area (Å²) in [6.07, 6.45) is 2.11. The number of hydrogen-bond acceptors (Lipinski definition) is 2. The van der Waals surface area contributed by atoms with Crippen molar-refractivity contribution in [2.24, 2.45) is 5.73 Å². The van der Waals surface area contributed by atoms with E-state index < -0.39 is 0 Å². The Bertz CT molecular complexity index is 645. The molecule has 0 aliphatic rings. The summed E-state index contributed by atoms with van der Waals surface area (Å²) in [4.78, 5) is 1.26. The van der Waals surface area contributed by atoms with Gasteiger partial charge in [-0.2, -0.15) is 0 Å². The van der Waals surface area contributed by atoms with Gasteiger partial charge in [-0.25, -0.2) is 0 Å². The maximum Gasteiger partial charge on any atom is 0.0568 e. The predicted octanol–water partition coefficient (Wildman–Crippen LogP) is 5.00. The Labute approximate surface area is 133 Å². The normalized spacial score (nSPS) is 12.5. The van der Waals surface area contributed by atoms with Gasteiger partial charge in [0.15, 0.2) is 0 Å². The van der Waals surface area contributed by atoms with E-state index in [1.54, 1.807) is 11.8 Å². The molecule has 0 aromatic heterocycles. The molecule has 0 amide bonds. The van der Waals surface area contributed by atoms with Gasteiger partial charge in [-0.3, -0.25) is 0 Å². The Balaban J connectivity index is 2.67. The third-order valence-corrected chi connectivity index (χ3v) is 5.65. The molecule has 0 fully saturated rings. The first-order chi connectivity index (χ1) is 9.90. The van der Waals surface area contributed by atoms with Crippen LogP contribution in [-0.2, 0) is 0 Å². The minimum absolute atomic E-state index is 0.0633. The van der Waals surface area contributed by atoms with Crippen LogP contribution < -0.4 is 5.73 Å². The minimum Gasteiger partial charge on any atom is -0.320 e. The molecule has 0 aliphatic heterocycles. The SMILES string of the molecule is CSc1ccccc1C(N)c1c(C)c(C)c(C)c(C)c1C. The molecular weight excluding hydrogens is 274 g/mol. The molecule has 2 aromatic rings. The zero-order valence-electron chi connectivity index (χ0n) is 13.9. The Morgan fingerprint density at radius 2 is 1.29 bits per heavy atom. The highest BCUT2D eigenvalue weighted by Gasteiger charge is 2.20. The first-order valence-corrected chi connectivity index (χ1v) is 8.58. The van der Waals surface area contributed by atoms with Crippen LogP contribution >= 0.6 is 11.8 Å². The smallest absolute Gasteiger partial charge is 0.0568 e. The first kappa shape index (κ1) is 16.1. The number of nitrogens with two attached hydrogens (primary N) is 1. The molecule has 2 aromatic carbocycles. The summed E-state index contributed by atoms with van der Waals surface area (Å²) in [5, 5.41) is 0. The summed E-state index contributed by atoms with van der Waals surface area (Å²) in [6.45, 7) is 11.0. The summed E-state index contributed by atoms with van der Waals surface area (Å²) >= 11 is 1.76. The van der Waals surface area contributed by atoms with Crippen LogP contribution in [0.15, 0.2) is 29.2 Å². The van der Waals surface area contributed by atoms with Gasteiger partial charge in [0.25, 0.3) is 0 Å². The molecule has 2 rings (SSSR count). The highest BCUT2D eigenvalue weighted by Crippen LogP contribution is 2.35. The van der Waals surface area contributed by atoms with Crippen LogP contribution in [0.5, 0.6) is 0 Å². The molecule has 0 radical (unpaired) electrons. The minimum atomic E-state index is -0.0633. The fourth-order valence-electron chi connectivity index (χ4n) is 3.07. The van der Waals surface area contributed by atoms with Crippen LogP contribution in [0.3, 0.4) is 0 Å². The van der Waals surface area contributed by atoms with Gasteiger partial charge < -0.3 is 5.73 Å². The van der Waals surface area contributed by atoms with Crippen LogP contribution in [-0.4, -0.2) is 6.26 Å². The summed E-state index contributed by atoms with van der Waals surface area (Å²) in [5.41, 5.74) is 16.0. The average molecular weight is 299 g/mol. The third-order valence-electron chi connectivity index (χ3n) is 4.84. The van der Waals surface area contributed by atoms with Gasteiger partial charge in [-0.05, 0) is 85.9 Å². The number of hydrogen-bond donors (Lipinski definition) is 1. The molecule has 0 spiro atoms. The Kier molecular flexibility index (Phi) is 4.80. The topological polar surface area (TPSA) is 26.0 Å². The van der Waals surface area contributed by atoms with E-state index in [9.17, 15) is 0 Å². The molecule has 2 heteroatoms. The van der Waals surface area contributed by atoms with E-state index >= 15 is 0 Å². The molecule has 1 nitrogen and oxygen atoms in total. The van der Waals surface area contributed by atoms with E-state index in [-0.39, 0.29) is 6.04 Å². The second kappa shape index (κ2) is 6.25. The zero-order chi connectivity index (χ0) is 15.7. The van der Waals surface area contributed by atoms with Crippen molar-refractivity contribution in [3.8, 4) is 0 Å². The summed E-state index contributed by atoms with van der Waals surface area (Å²) in [5.74, 6) is 0. The number of thioether (sulfide) groups is 1. The van der Waals surface area contributed by atoms with E-state index in [2.05, 4.69) is 65.1 Å². The van der Waals surface area contributed by atoms with Gasteiger partial charge in [0.2, 0.25) is 0 Å². The van der Waals surface area contributed by atoms with Crippen molar-refractivity contribution in [1.29, 1.82) is 0 Å². The lowest BCUT2D eigenvalue weighted by Crippen LogP contribution is -2.17. The van der Waals surface area contributed by atoms with Gasteiger partial charge in [0.1, 0.15) is 0 Å². The molecule has 0 saturated heterocycles. The highest BCUT2D eigenvalue weighted by atomic mass is 32.2. The van der Waals surface area contributed by atoms with E-state index in [1.165, 1.54) is 43.8 Å². The van der Waals surface area contributed by atoms with Crippen LogP contribution in [0, 0.1) is 34.6 Å². The van der Waals surface area contributed by atoms with Gasteiger partial charge >= 0.3 is 0 Å². The van der Waals surface area contributed by atoms with E-state index in [0.29, 0.717) is 0 Å². The van der Waals surface area contributed by atoms with Crippen molar-refractivity contribution < 1.29 is 0 Å². The Morgan fingerprint density at radius 3 is 1.81 bits per heavy atom. The van der Waals surface area contributed by atoms with Crippen molar-refractivity contribution in [2.45, 2.75) is 45.6 Å². The van der Waals surface area contributed by atoms with E-state index in [1.807, 2.05) is 0 Å². The molecular formula is C19H25NS. The largest absolute Gasteiger partial charge is 0.320 e. The summed E-state index contributed by atoms with van der Waals surface area (Å²) in [6, 6.07) is 8.39. The van der Waals surface area contributed by atoms with Crippen molar-refractivity contribution in [1.82, 2.24) is 0 Å². The number of rotatable bonds is 3. The maximum atomic E-state index is 6.67. The Morgan fingerprint density at radius 1 is 0.810 bits per heavy atom. The average Bonchev–Trinajstić information content (AvgIpc) is 2.51. The lowest BCUT2D eigenvalue weighted by Gasteiger charge is -2.24. The zero-order valence-corrected chi connectivity index (χ0v) is 14.7. The molecule has 0 heterocycles. The molecule has 112 valence electrons. The van der Waals surface area contributed by atoms with Gasteiger partial charge in [0.05, 0.1) is 6.04 Å².